The molecule has 2 heterocycles. The van der Waals surface area contributed by atoms with Crippen molar-refractivity contribution in [2.45, 2.75) is 40.7 Å². The molecule has 1 spiro atoms. The van der Waals surface area contributed by atoms with Crippen molar-refractivity contribution in [2.75, 3.05) is 13.2 Å². The summed E-state index contributed by atoms with van der Waals surface area (Å²) < 4.78 is 14.0. The van der Waals surface area contributed by atoms with Crippen molar-refractivity contribution in [3.63, 3.8) is 0 Å². The fourth-order valence-corrected chi connectivity index (χ4v) is 5.64. The highest BCUT2D eigenvalue weighted by Gasteiger charge is 2.44. The van der Waals surface area contributed by atoms with E-state index in [0.717, 1.165) is 29.1 Å². The van der Waals surface area contributed by atoms with E-state index in [1.54, 1.807) is 23.1 Å². The number of ether oxygens (including phenoxy) is 2. The minimum atomic E-state index is -0.385. The molecular weight excluding hydrogens is 304 g/mol. The summed E-state index contributed by atoms with van der Waals surface area (Å²) in [6.07, 6.45) is 2.71. The van der Waals surface area contributed by atoms with Crippen LogP contribution in [0.25, 0.3) is 10.2 Å². The summed E-state index contributed by atoms with van der Waals surface area (Å²) in [4.78, 5) is 4.70. The molecule has 1 aliphatic carbocycles. The molecule has 1 saturated heterocycles. The van der Waals surface area contributed by atoms with Crippen molar-refractivity contribution < 1.29 is 9.47 Å². The average molecular weight is 322 g/mol. The second-order valence-electron chi connectivity index (χ2n) is 5.62. The van der Waals surface area contributed by atoms with Gasteiger partial charge in [-0.15, -0.1) is 11.3 Å². The lowest BCUT2D eigenvalue weighted by Crippen LogP contribution is -2.47. The predicted molar refractivity (Wildman–Crippen MR) is 85.7 cm³/mol. The summed E-state index contributed by atoms with van der Waals surface area (Å²) in [5, 5.41) is 0.303. The van der Waals surface area contributed by atoms with Crippen molar-refractivity contribution >= 4 is 33.3 Å². The molecule has 2 N–H and O–H groups in total. The van der Waals surface area contributed by atoms with Crippen molar-refractivity contribution in [2.24, 2.45) is 5.73 Å². The molecule has 0 bridgehead atoms. The Kier molecular flexibility index (Phi) is 3.67. The highest BCUT2D eigenvalue weighted by Crippen LogP contribution is 2.43. The molecule has 1 aliphatic heterocycles. The summed E-state index contributed by atoms with van der Waals surface area (Å²) in [5.41, 5.74) is 7.38. The van der Waals surface area contributed by atoms with Gasteiger partial charge in [-0.25, -0.2) is 4.98 Å². The third kappa shape index (κ3) is 2.71. The van der Waals surface area contributed by atoms with Crippen LogP contribution >= 0.6 is 23.1 Å². The number of hydrogen-bond donors (Lipinski definition) is 1. The normalized spacial score (nSPS) is 28.4. The molecule has 112 valence electrons. The molecule has 6 heteroatoms. The summed E-state index contributed by atoms with van der Waals surface area (Å²) >= 11 is 3.52. The lowest BCUT2D eigenvalue weighted by Gasteiger charge is -2.38. The first-order valence-electron chi connectivity index (χ1n) is 7.30. The van der Waals surface area contributed by atoms with Crippen LogP contribution in [-0.2, 0) is 9.47 Å². The Balaban J connectivity index is 1.54. The Morgan fingerprint density at radius 1 is 1.29 bits per heavy atom. The van der Waals surface area contributed by atoms with E-state index in [0.29, 0.717) is 18.5 Å². The van der Waals surface area contributed by atoms with E-state index in [4.69, 9.17) is 20.2 Å². The van der Waals surface area contributed by atoms with Crippen LogP contribution in [0, 0.1) is 0 Å². The van der Waals surface area contributed by atoms with Crippen LogP contribution in [0.3, 0.4) is 0 Å². The topological polar surface area (TPSA) is 57.4 Å². The van der Waals surface area contributed by atoms with E-state index in [2.05, 4.69) is 18.2 Å². The van der Waals surface area contributed by atoms with Gasteiger partial charge < -0.3 is 15.2 Å². The highest BCUT2D eigenvalue weighted by molar-refractivity contribution is 8.01. The number of fused-ring (bicyclic) bond motifs is 1. The number of thioether (sulfide) groups is 1. The smallest absolute Gasteiger partial charge is 0.169 e. The van der Waals surface area contributed by atoms with E-state index in [1.165, 1.54) is 4.70 Å². The third-order valence-electron chi connectivity index (χ3n) is 4.19. The fraction of sp³-hybridized carbons (Fsp3) is 0.533. The first kappa shape index (κ1) is 14.0. The van der Waals surface area contributed by atoms with Gasteiger partial charge in [-0.1, -0.05) is 23.9 Å². The zero-order chi connectivity index (χ0) is 14.3. The van der Waals surface area contributed by atoms with Gasteiger partial charge in [0.25, 0.3) is 0 Å². The second-order valence-corrected chi connectivity index (χ2v) is 8.14. The van der Waals surface area contributed by atoms with Gasteiger partial charge in [0.05, 0.1) is 23.4 Å². The lowest BCUT2D eigenvalue weighted by atomic mass is 9.90. The molecule has 21 heavy (non-hydrogen) atoms. The van der Waals surface area contributed by atoms with Gasteiger partial charge in [-0.05, 0) is 18.6 Å². The Hall–Kier alpha value is -0.660. The van der Waals surface area contributed by atoms with Gasteiger partial charge in [-0.3, -0.25) is 0 Å². The van der Waals surface area contributed by atoms with Gasteiger partial charge >= 0.3 is 0 Å². The van der Waals surface area contributed by atoms with Crippen LogP contribution in [0.4, 0.5) is 0 Å². The summed E-state index contributed by atoms with van der Waals surface area (Å²) in [5.74, 6) is -0.385. The van der Waals surface area contributed by atoms with Gasteiger partial charge in [0.1, 0.15) is 0 Å². The summed E-state index contributed by atoms with van der Waals surface area (Å²) in [6, 6.07) is 8.43. The zero-order valence-corrected chi connectivity index (χ0v) is 13.3. The molecule has 2 unspecified atom stereocenters. The first-order valence-corrected chi connectivity index (χ1v) is 8.99. The molecule has 2 aromatic rings. The van der Waals surface area contributed by atoms with Crippen LogP contribution in [-0.4, -0.2) is 35.3 Å². The van der Waals surface area contributed by atoms with Crippen molar-refractivity contribution in [3.8, 4) is 0 Å². The number of nitrogens with zero attached hydrogens (tertiary/aromatic N) is 1. The minimum Gasteiger partial charge on any atom is -0.347 e. The molecular formula is C15H18N2O2S2. The molecule has 2 atom stereocenters. The average Bonchev–Trinajstić information content (AvgIpc) is 3.09. The molecule has 2 aliphatic rings. The number of thiazole rings is 1. The summed E-state index contributed by atoms with van der Waals surface area (Å²) in [6.45, 7) is 1.40. The monoisotopic (exact) mass is 322 g/mol. The quantitative estimate of drug-likeness (QED) is 0.921. The third-order valence-corrected chi connectivity index (χ3v) is 6.67. The molecule has 2 fully saturated rings. The van der Waals surface area contributed by atoms with E-state index < -0.39 is 0 Å². The Labute approximate surface area is 132 Å². The number of para-hydroxylation sites is 1. The van der Waals surface area contributed by atoms with E-state index >= 15 is 0 Å². The molecule has 1 aromatic heterocycles. The van der Waals surface area contributed by atoms with E-state index in [1.807, 2.05) is 6.07 Å². The second kappa shape index (κ2) is 5.52. The Morgan fingerprint density at radius 2 is 2.10 bits per heavy atom. The maximum atomic E-state index is 6.32. The van der Waals surface area contributed by atoms with Crippen LogP contribution in [0.5, 0.6) is 0 Å². The van der Waals surface area contributed by atoms with Crippen LogP contribution < -0.4 is 5.73 Å². The molecule has 1 aromatic carbocycles. The van der Waals surface area contributed by atoms with Crippen molar-refractivity contribution in [1.29, 1.82) is 0 Å². The number of nitrogens with two attached hydrogens (primary N) is 1. The minimum absolute atomic E-state index is 0.181. The predicted octanol–water partition coefficient (Wildman–Crippen LogP) is 3.01. The molecule has 0 amide bonds. The van der Waals surface area contributed by atoms with E-state index in [-0.39, 0.29) is 11.8 Å². The lowest BCUT2D eigenvalue weighted by molar-refractivity contribution is -0.176. The SMILES string of the molecule is NC1CCC2(CC1Sc1nc3ccccc3s1)OCCO2. The van der Waals surface area contributed by atoms with Crippen LogP contribution in [0.1, 0.15) is 19.3 Å². The van der Waals surface area contributed by atoms with Gasteiger partial charge in [-0.2, -0.15) is 0 Å². The van der Waals surface area contributed by atoms with Crippen molar-refractivity contribution in [1.82, 2.24) is 4.98 Å². The van der Waals surface area contributed by atoms with Gasteiger partial charge in [0, 0.05) is 24.1 Å². The number of hydrogen-bond acceptors (Lipinski definition) is 6. The Morgan fingerprint density at radius 3 is 2.90 bits per heavy atom. The first-order chi connectivity index (χ1) is 10.2. The molecule has 0 radical (unpaired) electrons. The standard InChI is InChI=1S/C15H18N2O2S2/c16-10-5-6-15(18-7-8-19-15)9-13(10)21-14-17-11-3-1-2-4-12(11)20-14/h1-4,10,13H,5-9,16H2. The highest BCUT2D eigenvalue weighted by atomic mass is 32.2. The number of benzene rings is 1. The molecule has 4 nitrogen and oxygen atoms in total. The largest absolute Gasteiger partial charge is 0.347 e. The number of rotatable bonds is 2. The van der Waals surface area contributed by atoms with Gasteiger partial charge in [0.15, 0.2) is 10.1 Å². The molecule has 4 rings (SSSR count). The summed E-state index contributed by atoms with van der Waals surface area (Å²) in [7, 11) is 0. The fourth-order valence-electron chi connectivity index (χ4n) is 3.05. The number of aromatic nitrogens is 1. The maximum Gasteiger partial charge on any atom is 0.169 e. The van der Waals surface area contributed by atoms with Crippen LogP contribution in [0.15, 0.2) is 28.6 Å². The van der Waals surface area contributed by atoms with Crippen LogP contribution in [0.2, 0.25) is 0 Å². The van der Waals surface area contributed by atoms with Crippen molar-refractivity contribution in [3.05, 3.63) is 24.3 Å². The zero-order valence-electron chi connectivity index (χ0n) is 11.7. The Bertz CT molecular complexity index is 606. The van der Waals surface area contributed by atoms with Gasteiger partial charge in [0.2, 0.25) is 0 Å². The maximum absolute atomic E-state index is 6.32. The molecule has 1 saturated carbocycles. The van der Waals surface area contributed by atoms with E-state index in [9.17, 15) is 0 Å².